The molecule has 0 aliphatic heterocycles. The normalized spacial score (nSPS) is 13.8. The molecule has 0 aliphatic carbocycles. The zero-order chi connectivity index (χ0) is 16.9. The summed E-state index contributed by atoms with van der Waals surface area (Å²) in [6.07, 6.45) is 1.24. The Bertz CT molecular complexity index is 684. The molecule has 2 rings (SSSR count). The van der Waals surface area contributed by atoms with E-state index in [2.05, 4.69) is 22.0 Å². The van der Waals surface area contributed by atoms with Crippen molar-refractivity contribution in [2.24, 2.45) is 0 Å². The van der Waals surface area contributed by atoms with Crippen molar-refractivity contribution in [2.45, 2.75) is 37.7 Å². The van der Waals surface area contributed by atoms with Crippen LogP contribution in [-0.4, -0.2) is 10.6 Å². The SMILES string of the molecule is CCC(CC)P(=O)(O)Oc1cc(CBr)cc(-c2ccccc2)c1. The summed E-state index contributed by atoms with van der Waals surface area (Å²) in [5, 5.41) is 0.657. The first-order valence-electron chi connectivity index (χ1n) is 7.77. The van der Waals surface area contributed by atoms with Gasteiger partial charge >= 0.3 is 7.60 Å². The first-order valence-corrected chi connectivity index (χ1v) is 10.5. The van der Waals surface area contributed by atoms with Gasteiger partial charge in [-0.05, 0) is 41.7 Å². The van der Waals surface area contributed by atoms with Gasteiger partial charge in [0.1, 0.15) is 5.75 Å². The molecule has 0 aliphatic rings. The predicted octanol–water partition coefficient (Wildman–Crippen LogP) is 6.00. The summed E-state index contributed by atoms with van der Waals surface area (Å²) in [6, 6.07) is 15.6. The number of hydrogen-bond acceptors (Lipinski definition) is 2. The van der Waals surface area contributed by atoms with Gasteiger partial charge in [0.25, 0.3) is 0 Å². The van der Waals surface area contributed by atoms with Crippen LogP contribution in [-0.2, 0) is 9.90 Å². The molecule has 0 amide bonds. The second-order valence-corrected chi connectivity index (χ2v) is 8.09. The Hall–Kier alpha value is -1.09. The lowest BCUT2D eigenvalue weighted by Crippen LogP contribution is -2.10. The smallest absolute Gasteiger partial charge is 0.379 e. The number of hydrogen-bond donors (Lipinski definition) is 1. The molecule has 23 heavy (non-hydrogen) atoms. The molecular formula is C18H22BrO3P. The lowest BCUT2D eigenvalue weighted by Gasteiger charge is -2.21. The van der Waals surface area contributed by atoms with Gasteiger partial charge in [0.15, 0.2) is 0 Å². The van der Waals surface area contributed by atoms with Gasteiger partial charge in [-0.3, -0.25) is 0 Å². The third-order valence-corrected chi connectivity index (χ3v) is 6.64. The summed E-state index contributed by atoms with van der Waals surface area (Å²) in [5.74, 6) is 0.443. The summed E-state index contributed by atoms with van der Waals surface area (Å²) in [5.41, 5.74) is 2.69. The van der Waals surface area contributed by atoms with E-state index in [1.54, 1.807) is 0 Å². The molecule has 0 radical (unpaired) electrons. The Balaban J connectivity index is 2.38. The summed E-state index contributed by atoms with van der Waals surface area (Å²) in [7, 11) is -3.68. The van der Waals surface area contributed by atoms with Gasteiger partial charge in [0.2, 0.25) is 0 Å². The minimum atomic E-state index is -3.68. The fourth-order valence-electron chi connectivity index (χ4n) is 2.56. The van der Waals surface area contributed by atoms with E-state index < -0.39 is 7.60 Å². The lowest BCUT2D eigenvalue weighted by atomic mass is 10.0. The van der Waals surface area contributed by atoms with E-state index in [1.165, 1.54) is 0 Å². The van der Waals surface area contributed by atoms with Crippen LogP contribution < -0.4 is 4.52 Å². The van der Waals surface area contributed by atoms with E-state index in [9.17, 15) is 9.46 Å². The highest BCUT2D eigenvalue weighted by molar-refractivity contribution is 9.08. The zero-order valence-electron chi connectivity index (χ0n) is 13.4. The third kappa shape index (κ3) is 4.69. The lowest BCUT2D eigenvalue weighted by molar-refractivity contribution is 0.361. The second kappa shape index (κ2) is 8.14. The van der Waals surface area contributed by atoms with Crippen molar-refractivity contribution in [3.05, 3.63) is 54.1 Å². The molecule has 1 N–H and O–H groups in total. The zero-order valence-corrected chi connectivity index (χ0v) is 15.9. The fraction of sp³-hybridized carbons (Fsp3) is 0.333. The van der Waals surface area contributed by atoms with Crippen LogP contribution in [0.2, 0.25) is 0 Å². The van der Waals surface area contributed by atoms with Gasteiger partial charge in [-0.1, -0.05) is 66.2 Å². The molecule has 0 saturated heterocycles. The first kappa shape index (κ1) is 18.3. The summed E-state index contributed by atoms with van der Waals surface area (Å²) < 4.78 is 18.1. The van der Waals surface area contributed by atoms with E-state index in [-0.39, 0.29) is 5.66 Å². The Morgan fingerprint density at radius 3 is 2.30 bits per heavy atom. The van der Waals surface area contributed by atoms with Crippen molar-refractivity contribution in [2.75, 3.05) is 0 Å². The maximum atomic E-state index is 12.5. The molecule has 0 saturated carbocycles. The van der Waals surface area contributed by atoms with Gasteiger partial charge in [-0.15, -0.1) is 0 Å². The molecule has 0 heterocycles. The highest BCUT2D eigenvalue weighted by atomic mass is 79.9. The molecule has 5 heteroatoms. The van der Waals surface area contributed by atoms with Crippen LogP contribution in [0.1, 0.15) is 32.3 Å². The minimum absolute atomic E-state index is 0.338. The average Bonchev–Trinajstić information content (AvgIpc) is 2.55. The van der Waals surface area contributed by atoms with Crippen LogP contribution in [0.3, 0.4) is 0 Å². The van der Waals surface area contributed by atoms with Crippen LogP contribution >= 0.6 is 23.5 Å². The maximum Gasteiger partial charge on any atom is 0.379 e. The average molecular weight is 397 g/mol. The van der Waals surface area contributed by atoms with Gasteiger partial charge in [-0.25, -0.2) is 4.57 Å². The number of benzene rings is 2. The summed E-state index contributed by atoms with van der Waals surface area (Å²) in [6.45, 7) is 3.81. The Morgan fingerprint density at radius 1 is 1.09 bits per heavy atom. The Morgan fingerprint density at radius 2 is 1.74 bits per heavy atom. The van der Waals surface area contributed by atoms with E-state index in [4.69, 9.17) is 4.52 Å². The van der Waals surface area contributed by atoms with Crippen LogP contribution in [0.5, 0.6) is 5.75 Å². The van der Waals surface area contributed by atoms with Crippen molar-refractivity contribution >= 4 is 23.5 Å². The third-order valence-electron chi connectivity index (χ3n) is 3.87. The number of halogens is 1. The minimum Gasteiger partial charge on any atom is -0.424 e. The summed E-state index contributed by atoms with van der Waals surface area (Å²) in [4.78, 5) is 10.3. The predicted molar refractivity (Wildman–Crippen MR) is 99.3 cm³/mol. The largest absolute Gasteiger partial charge is 0.424 e. The van der Waals surface area contributed by atoms with Crippen molar-refractivity contribution in [1.29, 1.82) is 0 Å². The van der Waals surface area contributed by atoms with E-state index >= 15 is 0 Å². The monoisotopic (exact) mass is 396 g/mol. The Kier molecular flexibility index (Phi) is 6.46. The van der Waals surface area contributed by atoms with Gasteiger partial charge < -0.3 is 9.42 Å². The molecule has 0 aromatic heterocycles. The van der Waals surface area contributed by atoms with Crippen molar-refractivity contribution in [3.8, 4) is 16.9 Å². The van der Waals surface area contributed by atoms with Crippen LogP contribution in [0.15, 0.2) is 48.5 Å². The molecule has 124 valence electrons. The van der Waals surface area contributed by atoms with Gasteiger partial charge in [-0.2, -0.15) is 0 Å². The van der Waals surface area contributed by atoms with Crippen molar-refractivity contribution in [1.82, 2.24) is 0 Å². The topological polar surface area (TPSA) is 46.5 Å². The quantitative estimate of drug-likeness (QED) is 0.460. The van der Waals surface area contributed by atoms with E-state index in [0.717, 1.165) is 16.7 Å². The molecule has 0 spiro atoms. The molecule has 0 bridgehead atoms. The molecule has 2 aromatic rings. The highest BCUT2D eigenvalue weighted by Gasteiger charge is 2.31. The van der Waals surface area contributed by atoms with Crippen LogP contribution in [0, 0.1) is 0 Å². The van der Waals surface area contributed by atoms with Gasteiger partial charge in [0.05, 0.1) is 5.66 Å². The highest BCUT2D eigenvalue weighted by Crippen LogP contribution is 2.50. The van der Waals surface area contributed by atoms with Gasteiger partial charge in [0, 0.05) is 5.33 Å². The number of alkyl halides is 1. The molecule has 0 fully saturated rings. The molecule has 3 nitrogen and oxygen atoms in total. The maximum absolute atomic E-state index is 12.5. The fourth-order valence-corrected chi connectivity index (χ4v) is 4.37. The second-order valence-electron chi connectivity index (χ2n) is 5.49. The van der Waals surface area contributed by atoms with E-state index in [1.807, 2.05) is 56.3 Å². The van der Waals surface area contributed by atoms with Crippen molar-refractivity contribution in [3.63, 3.8) is 0 Å². The standard InChI is InChI=1S/C18H22BrO3P/c1-3-18(4-2)23(20,21)22-17-11-14(13-19)10-16(12-17)15-8-6-5-7-9-15/h5-12,18H,3-4,13H2,1-2H3,(H,20,21). The van der Waals surface area contributed by atoms with Crippen LogP contribution in [0.25, 0.3) is 11.1 Å². The molecule has 1 unspecified atom stereocenters. The first-order chi connectivity index (χ1) is 11.0. The summed E-state index contributed by atoms with van der Waals surface area (Å²) >= 11 is 3.45. The van der Waals surface area contributed by atoms with E-state index in [0.29, 0.717) is 23.9 Å². The molecular weight excluding hydrogens is 375 g/mol. The van der Waals surface area contributed by atoms with Crippen molar-refractivity contribution < 1.29 is 14.0 Å². The number of rotatable bonds is 7. The molecule has 2 aromatic carbocycles. The Labute approximate surface area is 146 Å². The molecule has 1 atom stereocenters. The van der Waals surface area contributed by atoms with Crippen LogP contribution in [0.4, 0.5) is 0 Å².